The maximum atomic E-state index is 5.10. The minimum absolute atomic E-state index is 0.862. The zero-order chi connectivity index (χ0) is 8.69. The van der Waals surface area contributed by atoms with Gasteiger partial charge >= 0.3 is 0 Å². The minimum atomic E-state index is 0.862. The normalized spacial score (nSPS) is 9.36. The fraction of sp³-hybridized carbons (Fsp3) is 0.875. The summed E-state index contributed by atoms with van der Waals surface area (Å²) in [7, 11) is 2.03. The third-order valence-corrected chi connectivity index (χ3v) is 1.98. The van der Waals surface area contributed by atoms with Crippen LogP contribution in [0.1, 0.15) is 26.7 Å². The van der Waals surface area contributed by atoms with Crippen LogP contribution < -0.4 is 5.32 Å². The summed E-state index contributed by atoms with van der Waals surface area (Å²) in [6.07, 6.45) is 2.43. The monoisotopic (exact) mass is 174 g/mol. The summed E-state index contributed by atoms with van der Waals surface area (Å²) < 4.78 is 0. The lowest BCUT2D eigenvalue weighted by molar-refractivity contribution is 0.477. The number of thiocarbonyl (C=S) groups is 1. The molecule has 0 saturated carbocycles. The number of rotatable bonds is 4. The molecule has 0 aromatic rings. The molecule has 0 aliphatic rings. The molecule has 0 radical (unpaired) electrons. The van der Waals surface area contributed by atoms with Crippen LogP contribution in [0.15, 0.2) is 0 Å². The molecule has 0 aliphatic carbocycles. The Morgan fingerprint density at radius 1 is 1.45 bits per heavy atom. The molecule has 0 aliphatic heterocycles. The van der Waals surface area contributed by atoms with Gasteiger partial charge in [-0.2, -0.15) is 0 Å². The van der Waals surface area contributed by atoms with E-state index in [-0.39, 0.29) is 0 Å². The van der Waals surface area contributed by atoms with Crippen LogP contribution in [0.4, 0.5) is 0 Å². The minimum Gasteiger partial charge on any atom is -0.363 e. The van der Waals surface area contributed by atoms with Crippen LogP contribution in [0.2, 0.25) is 0 Å². The lowest BCUT2D eigenvalue weighted by atomic mass is 10.3. The molecule has 1 N–H and O–H groups in total. The van der Waals surface area contributed by atoms with Crippen molar-refractivity contribution in [3.63, 3.8) is 0 Å². The van der Waals surface area contributed by atoms with E-state index in [2.05, 4.69) is 24.1 Å². The quantitative estimate of drug-likeness (QED) is 0.652. The molecular weight excluding hydrogens is 156 g/mol. The number of hydrogen-bond acceptors (Lipinski definition) is 1. The molecule has 0 unspecified atom stereocenters. The first-order valence-electron chi connectivity index (χ1n) is 4.21. The molecular formula is C8H18N2S. The van der Waals surface area contributed by atoms with E-state index < -0.39 is 0 Å². The van der Waals surface area contributed by atoms with Gasteiger partial charge in [0.25, 0.3) is 0 Å². The molecule has 0 bridgehead atoms. The van der Waals surface area contributed by atoms with E-state index >= 15 is 0 Å². The molecule has 0 heterocycles. The van der Waals surface area contributed by atoms with Crippen LogP contribution in [0.25, 0.3) is 0 Å². The van der Waals surface area contributed by atoms with E-state index in [9.17, 15) is 0 Å². The van der Waals surface area contributed by atoms with Gasteiger partial charge in [0.2, 0.25) is 0 Å². The van der Waals surface area contributed by atoms with Crippen molar-refractivity contribution >= 4 is 17.3 Å². The van der Waals surface area contributed by atoms with Crippen LogP contribution in [0.5, 0.6) is 0 Å². The lowest BCUT2D eigenvalue weighted by Crippen LogP contribution is -2.37. The largest absolute Gasteiger partial charge is 0.363 e. The van der Waals surface area contributed by atoms with Crippen molar-refractivity contribution in [2.45, 2.75) is 26.7 Å². The van der Waals surface area contributed by atoms with E-state index in [0.717, 1.165) is 18.2 Å². The van der Waals surface area contributed by atoms with Crippen LogP contribution in [0.3, 0.4) is 0 Å². The zero-order valence-electron chi connectivity index (χ0n) is 7.68. The average Bonchev–Trinajstić information content (AvgIpc) is 2.00. The Morgan fingerprint density at radius 3 is 2.55 bits per heavy atom. The molecule has 0 amide bonds. The van der Waals surface area contributed by atoms with E-state index in [4.69, 9.17) is 12.2 Å². The SMILES string of the molecule is CCCCN(C)C(=S)NCC. The highest BCUT2D eigenvalue weighted by Gasteiger charge is 1.99. The molecule has 2 nitrogen and oxygen atoms in total. The molecule has 0 aromatic heterocycles. The summed E-state index contributed by atoms with van der Waals surface area (Å²) in [4.78, 5) is 2.09. The fourth-order valence-electron chi connectivity index (χ4n) is 0.783. The van der Waals surface area contributed by atoms with E-state index in [1.807, 2.05) is 7.05 Å². The van der Waals surface area contributed by atoms with Crippen molar-refractivity contribution in [1.82, 2.24) is 10.2 Å². The predicted octanol–water partition coefficient (Wildman–Crippen LogP) is 1.61. The summed E-state index contributed by atoms with van der Waals surface area (Å²) in [6.45, 7) is 6.21. The van der Waals surface area contributed by atoms with Crippen molar-refractivity contribution in [2.75, 3.05) is 20.1 Å². The van der Waals surface area contributed by atoms with Gasteiger partial charge in [-0.05, 0) is 25.6 Å². The van der Waals surface area contributed by atoms with Gasteiger partial charge in [-0.1, -0.05) is 13.3 Å². The summed E-state index contributed by atoms with van der Waals surface area (Å²) in [5, 5.41) is 3.97. The van der Waals surface area contributed by atoms with Crippen molar-refractivity contribution in [2.24, 2.45) is 0 Å². The Labute approximate surface area is 75.0 Å². The van der Waals surface area contributed by atoms with Crippen LogP contribution >= 0.6 is 12.2 Å². The van der Waals surface area contributed by atoms with Gasteiger partial charge in [-0.3, -0.25) is 0 Å². The number of nitrogens with zero attached hydrogens (tertiary/aromatic N) is 1. The van der Waals surface area contributed by atoms with Gasteiger partial charge in [0.1, 0.15) is 0 Å². The van der Waals surface area contributed by atoms with Gasteiger partial charge in [0.15, 0.2) is 5.11 Å². The van der Waals surface area contributed by atoms with Gasteiger partial charge in [-0.15, -0.1) is 0 Å². The Bertz CT molecular complexity index is 115. The molecule has 0 rings (SSSR count). The molecule has 0 saturated heterocycles. The van der Waals surface area contributed by atoms with Gasteiger partial charge < -0.3 is 10.2 Å². The maximum absolute atomic E-state index is 5.10. The van der Waals surface area contributed by atoms with Crippen molar-refractivity contribution < 1.29 is 0 Å². The smallest absolute Gasteiger partial charge is 0.168 e. The molecule has 3 heteroatoms. The highest BCUT2D eigenvalue weighted by Crippen LogP contribution is 1.91. The first-order chi connectivity index (χ1) is 5.22. The van der Waals surface area contributed by atoms with Crippen LogP contribution in [0, 0.1) is 0 Å². The molecule has 0 aromatic carbocycles. The molecule has 0 fully saturated rings. The summed E-state index contributed by atoms with van der Waals surface area (Å²) in [5.74, 6) is 0. The number of unbranched alkanes of at least 4 members (excludes halogenated alkanes) is 1. The van der Waals surface area contributed by atoms with Gasteiger partial charge in [-0.25, -0.2) is 0 Å². The second kappa shape index (κ2) is 6.40. The third kappa shape index (κ3) is 5.01. The Kier molecular flexibility index (Phi) is 6.22. The lowest BCUT2D eigenvalue weighted by Gasteiger charge is -2.19. The van der Waals surface area contributed by atoms with Crippen molar-refractivity contribution in [3.05, 3.63) is 0 Å². The second-order valence-electron chi connectivity index (χ2n) is 2.61. The van der Waals surface area contributed by atoms with Gasteiger partial charge in [0, 0.05) is 20.1 Å². The summed E-state index contributed by atoms with van der Waals surface area (Å²) in [5.41, 5.74) is 0. The highest BCUT2D eigenvalue weighted by molar-refractivity contribution is 7.80. The predicted molar refractivity (Wildman–Crippen MR) is 53.8 cm³/mol. The number of nitrogens with one attached hydrogen (secondary N) is 1. The molecule has 66 valence electrons. The molecule has 0 spiro atoms. The fourth-order valence-corrected chi connectivity index (χ4v) is 1.02. The first-order valence-corrected chi connectivity index (χ1v) is 4.62. The van der Waals surface area contributed by atoms with Crippen molar-refractivity contribution in [3.8, 4) is 0 Å². The van der Waals surface area contributed by atoms with Gasteiger partial charge in [0.05, 0.1) is 0 Å². The Balaban J connectivity index is 3.46. The maximum Gasteiger partial charge on any atom is 0.168 e. The average molecular weight is 174 g/mol. The topological polar surface area (TPSA) is 15.3 Å². The molecule has 0 atom stereocenters. The summed E-state index contributed by atoms with van der Waals surface area (Å²) in [6, 6.07) is 0. The first kappa shape index (κ1) is 10.7. The van der Waals surface area contributed by atoms with E-state index in [1.54, 1.807) is 0 Å². The van der Waals surface area contributed by atoms with Crippen LogP contribution in [-0.2, 0) is 0 Å². The van der Waals surface area contributed by atoms with E-state index in [1.165, 1.54) is 12.8 Å². The van der Waals surface area contributed by atoms with Crippen LogP contribution in [-0.4, -0.2) is 30.1 Å². The van der Waals surface area contributed by atoms with E-state index in [0.29, 0.717) is 0 Å². The zero-order valence-corrected chi connectivity index (χ0v) is 8.50. The highest BCUT2D eigenvalue weighted by atomic mass is 32.1. The number of hydrogen-bond donors (Lipinski definition) is 1. The Hall–Kier alpha value is -0.310. The molecule has 11 heavy (non-hydrogen) atoms. The third-order valence-electron chi connectivity index (χ3n) is 1.52. The van der Waals surface area contributed by atoms with Crippen molar-refractivity contribution in [1.29, 1.82) is 0 Å². The standard InChI is InChI=1S/C8H18N2S/c1-4-6-7-10(3)8(11)9-5-2/h4-7H2,1-3H3,(H,9,11). The summed E-state index contributed by atoms with van der Waals surface area (Å²) >= 11 is 5.10. The second-order valence-corrected chi connectivity index (χ2v) is 3.00. The Morgan fingerprint density at radius 2 is 2.09 bits per heavy atom.